The first-order valence-electron chi connectivity index (χ1n) is 19.4. The van der Waals surface area contributed by atoms with Crippen molar-refractivity contribution in [1.82, 2.24) is 4.57 Å². The van der Waals surface area contributed by atoms with E-state index in [2.05, 4.69) is 205 Å². The molecular weight excluding hydrogens is 681 g/mol. The predicted octanol–water partition coefficient (Wildman–Crippen LogP) is 14.8. The molecule has 3 heteroatoms. The summed E-state index contributed by atoms with van der Waals surface area (Å²) in [5, 5.41) is 11.0. The summed E-state index contributed by atoms with van der Waals surface area (Å²) in [5.41, 5.74) is 12.2. The van der Waals surface area contributed by atoms with Crippen LogP contribution in [0.4, 0.5) is 17.1 Å². The summed E-state index contributed by atoms with van der Waals surface area (Å²) in [6.07, 6.45) is 2.18. The Hall–Kier alpha value is -7.10. The first-order valence-corrected chi connectivity index (χ1v) is 19.4. The average Bonchev–Trinajstić information content (AvgIpc) is 3.91. The zero-order chi connectivity index (χ0) is 37.1. The molecule has 0 atom stereocenters. The molecule has 0 N–H and O–H groups in total. The normalized spacial score (nSPS) is 13.3. The topological polar surface area (TPSA) is 21.3 Å². The highest BCUT2D eigenvalue weighted by Gasteiger charge is 2.41. The molecule has 0 saturated carbocycles. The van der Waals surface area contributed by atoms with Gasteiger partial charge < -0.3 is 13.9 Å². The van der Waals surface area contributed by atoms with Crippen LogP contribution < -0.4 is 4.90 Å². The van der Waals surface area contributed by atoms with E-state index in [1.807, 2.05) is 0 Å². The van der Waals surface area contributed by atoms with Gasteiger partial charge in [0.1, 0.15) is 11.2 Å². The number of fused-ring (bicyclic) bond motifs is 14. The highest BCUT2D eigenvalue weighted by atomic mass is 16.3. The molecule has 0 radical (unpaired) electrons. The predicted molar refractivity (Wildman–Crippen MR) is 235 cm³/mol. The third-order valence-electron chi connectivity index (χ3n) is 12.3. The number of para-hydroxylation sites is 2. The number of nitrogens with zero attached hydrogens (tertiary/aromatic N) is 2. The summed E-state index contributed by atoms with van der Waals surface area (Å²) >= 11 is 0. The van der Waals surface area contributed by atoms with Crippen LogP contribution in [0, 0.1) is 0 Å². The molecule has 2 heterocycles. The zero-order valence-corrected chi connectivity index (χ0v) is 31.1. The van der Waals surface area contributed by atoms with E-state index in [1.165, 1.54) is 60.0 Å². The maximum Gasteiger partial charge on any atom is 0.140 e. The van der Waals surface area contributed by atoms with Gasteiger partial charge in [-0.3, -0.25) is 0 Å². The fraction of sp³-hybridized carbons (Fsp3) is 0.0566. The smallest absolute Gasteiger partial charge is 0.140 e. The first kappa shape index (κ1) is 31.3. The van der Waals surface area contributed by atoms with E-state index in [0.717, 1.165) is 50.2 Å². The van der Waals surface area contributed by atoms with Crippen molar-refractivity contribution in [3.05, 3.63) is 193 Å². The fourth-order valence-electron chi connectivity index (χ4n) is 9.80. The molecule has 1 aliphatic carbocycles. The number of rotatable bonds is 4. The van der Waals surface area contributed by atoms with Gasteiger partial charge in [0.05, 0.1) is 11.2 Å². The zero-order valence-electron chi connectivity index (χ0n) is 31.1. The minimum atomic E-state index is -0.288. The number of anilines is 3. The minimum Gasteiger partial charge on any atom is -0.456 e. The standard InChI is InChI=1S/C53H36N2O/c1-53(2)46-22-12-10-21-43(46)50-48(32-45-42-20-11-13-23-49(42)56-52(45)51(50)53)55(36-25-24-33-28-29-54(47(33)31-36)34-14-4-3-5-15-34)35-26-27-41-39-18-7-6-16-37(39)38-17-8-9-19-40(38)44(41)30-35/h3-32H,1-2H3. The van der Waals surface area contributed by atoms with Crippen LogP contribution in [-0.2, 0) is 5.41 Å². The third-order valence-corrected chi connectivity index (χ3v) is 12.3. The van der Waals surface area contributed by atoms with Gasteiger partial charge in [-0.05, 0) is 98.0 Å². The molecule has 12 rings (SSSR count). The third kappa shape index (κ3) is 4.28. The van der Waals surface area contributed by atoms with E-state index in [4.69, 9.17) is 4.42 Å². The lowest BCUT2D eigenvalue weighted by molar-refractivity contribution is 0.620. The van der Waals surface area contributed by atoms with Gasteiger partial charge in [0, 0.05) is 56.0 Å². The molecule has 0 spiro atoms. The Morgan fingerprint density at radius 2 is 1.11 bits per heavy atom. The van der Waals surface area contributed by atoms with Crippen LogP contribution in [0.15, 0.2) is 187 Å². The Morgan fingerprint density at radius 3 is 1.88 bits per heavy atom. The van der Waals surface area contributed by atoms with Crippen molar-refractivity contribution in [1.29, 1.82) is 0 Å². The molecule has 0 fully saturated rings. The Labute approximate surface area is 324 Å². The van der Waals surface area contributed by atoms with E-state index in [-0.39, 0.29) is 5.41 Å². The summed E-state index contributed by atoms with van der Waals surface area (Å²) in [6.45, 7) is 4.70. The molecule has 0 amide bonds. The Balaban J connectivity index is 1.23. The van der Waals surface area contributed by atoms with Gasteiger partial charge in [-0.15, -0.1) is 0 Å². The van der Waals surface area contributed by atoms with Crippen molar-refractivity contribution in [3.8, 4) is 16.8 Å². The van der Waals surface area contributed by atoms with E-state index >= 15 is 0 Å². The molecule has 9 aromatic carbocycles. The SMILES string of the molecule is CC1(C)c2ccccc2-c2c(N(c3ccc4c5ccccc5c5ccccc5c4c3)c3ccc4ccn(-c5ccccc5)c4c3)cc3c(oc4ccccc43)c21. The molecule has 11 aromatic rings. The lowest BCUT2D eigenvalue weighted by Gasteiger charge is -2.30. The second-order valence-electron chi connectivity index (χ2n) is 15.7. The van der Waals surface area contributed by atoms with Gasteiger partial charge in [-0.25, -0.2) is 0 Å². The maximum atomic E-state index is 6.85. The van der Waals surface area contributed by atoms with Crippen molar-refractivity contribution in [3.63, 3.8) is 0 Å². The molecule has 3 nitrogen and oxygen atoms in total. The molecule has 0 unspecified atom stereocenters. The molecule has 56 heavy (non-hydrogen) atoms. The highest BCUT2D eigenvalue weighted by molar-refractivity contribution is 6.26. The number of hydrogen-bond donors (Lipinski definition) is 0. The van der Waals surface area contributed by atoms with Crippen LogP contribution >= 0.6 is 0 Å². The molecule has 1 aliphatic rings. The van der Waals surface area contributed by atoms with Gasteiger partial charge in [-0.1, -0.05) is 135 Å². The van der Waals surface area contributed by atoms with Crippen molar-refractivity contribution >= 4 is 82.2 Å². The van der Waals surface area contributed by atoms with E-state index in [1.54, 1.807) is 0 Å². The van der Waals surface area contributed by atoms with Crippen molar-refractivity contribution in [2.75, 3.05) is 4.90 Å². The highest BCUT2D eigenvalue weighted by Crippen LogP contribution is 2.58. The van der Waals surface area contributed by atoms with Crippen molar-refractivity contribution in [2.45, 2.75) is 19.3 Å². The van der Waals surface area contributed by atoms with Gasteiger partial charge in [0.25, 0.3) is 0 Å². The quantitative estimate of drug-likeness (QED) is 0.169. The van der Waals surface area contributed by atoms with Gasteiger partial charge in [-0.2, -0.15) is 0 Å². The number of furan rings is 1. The van der Waals surface area contributed by atoms with E-state index in [0.29, 0.717) is 0 Å². The first-order chi connectivity index (χ1) is 27.5. The molecule has 0 aliphatic heterocycles. The van der Waals surface area contributed by atoms with Crippen molar-refractivity contribution in [2.24, 2.45) is 0 Å². The number of benzene rings is 9. The van der Waals surface area contributed by atoms with Crippen LogP contribution in [-0.4, -0.2) is 4.57 Å². The Kier molecular flexibility index (Phi) is 6.40. The molecule has 264 valence electrons. The monoisotopic (exact) mass is 716 g/mol. The lowest BCUT2D eigenvalue weighted by Crippen LogP contribution is -2.16. The number of aromatic nitrogens is 1. The summed E-state index contributed by atoms with van der Waals surface area (Å²) in [7, 11) is 0. The van der Waals surface area contributed by atoms with Gasteiger partial charge >= 0.3 is 0 Å². The van der Waals surface area contributed by atoms with Crippen LogP contribution in [0.2, 0.25) is 0 Å². The minimum absolute atomic E-state index is 0.288. The summed E-state index contributed by atoms with van der Waals surface area (Å²) in [4.78, 5) is 2.50. The van der Waals surface area contributed by atoms with Crippen molar-refractivity contribution < 1.29 is 4.42 Å². The maximum absolute atomic E-state index is 6.85. The second kappa shape index (κ2) is 11.5. The summed E-state index contributed by atoms with van der Waals surface area (Å²) in [6, 6.07) is 64.3. The fourth-order valence-corrected chi connectivity index (χ4v) is 9.80. The van der Waals surface area contributed by atoms with E-state index in [9.17, 15) is 0 Å². The van der Waals surface area contributed by atoms with Gasteiger partial charge in [0.2, 0.25) is 0 Å². The van der Waals surface area contributed by atoms with Gasteiger partial charge in [0.15, 0.2) is 0 Å². The Bertz CT molecular complexity index is 3370. The van der Waals surface area contributed by atoms with Crippen LogP contribution in [0.1, 0.15) is 25.0 Å². The molecule has 0 saturated heterocycles. The Morgan fingerprint density at radius 1 is 0.500 bits per heavy atom. The molecular formula is C53H36N2O. The largest absolute Gasteiger partial charge is 0.456 e. The van der Waals surface area contributed by atoms with Crippen LogP contribution in [0.25, 0.3) is 82.0 Å². The lowest BCUT2D eigenvalue weighted by atomic mass is 9.81. The van der Waals surface area contributed by atoms with E-state index < -0.39 is 0 Å². The van der Waals surface area contributed by atoms with Crippen LogP contribution in [0.5, 0.6) is 0 Å². The second-order valence-corrected chi connectivity index (χ2v) is 15.7. The average molecular weight is 717 g/mol. The summed E-state index contributed by atoms with van der Waals surface area (Å²) < 4.78 is 9.14. The summed E-state index contributed by atoms with van der Waals surface area (Å²) in [5.74, 6) is 0. The molecule has 2 aromatic heterocycles. The molecule has 0 bridgehead atoms. The van der Waals surface area contributed by atoms with Crippen LogP contribution in [0.3, 0.4) is 0 Å². The number of hydrogen-bond acceptors (Lipinski definition) is 2.